The Balaban J connectivity index is 4.57. The first-order chi connectivity index (χ1) is 27.6. The standard InChI is InChI=1S/C49H79NO7/c1-6-8-10-12-14-16-18-20-22-24-26-27-29-31-33-35-37-39-47(51)56-44-45(43-55-42-41-46(49(53)54)50(3,4)5)57-48(52)40-38-36-34-32-30-28-25-23-21-19-17-15-13-11-9-7-2/h9,11,15,17,20-23,26-28,30-31,33-34,36,45-46H,6-8,10,12-14,16,18-19,24-25,29,32,35,37-44H2,1-5H3/b11-9+,17-15+,22-20+,23-21+,27-26+,30-28+,33-31+,36-34+. The zero-order valence-corrected chi connectivity index (χ0v) is 36.5. The number of esters is 2. The van der Waals surface area contributed by atoms with Gasteiger partial charge in [-0.05, 0) is 77.0 Å². The average Bonchev–Trinajstić information content (AvgIpc) is 3.17. The van der Waals surface area contributed by atoms with Gasteiger partial charge in [-0.3, -0.25) is 9.59 Å². The molecule has 0 fully saturated rings. The number of carboxylic acids is 1. The van der Waals surface area contributed by atoms with Crippen LogP contribution in [0.25, 0.3) is 0 Å². The lowest BCUT2D eigenvalue weighted by Crippen LogP contribution is -2.55. The normalized spacial score (nSPS) is 13.9. The number of ether oxygens (including phenoxy) is 3. The van der Waals surface area contributed by atoms with E-state index in [9.17, 15) is 19.5 Å². The van der Waals surface area contributed by atoms with Crippen LogP contribution in [-0.2, 0) is 28.6 Å². The first-order valence-corrected chi connectivity index (χ1v) is 21.8. The van der Waals surface area contributed by atoms with Crippen molar-refractivity contribution in [2.45, 2.75) is 154 Å². The van der Waals surface area contributed by atoms with Crippen LogP contribution in [0.5, 0.6) is 0 Å². The van der Waals surface area contributed by atoms with Gasteiger partial charge in [0.15, 0.2) is 6.10 Å². The van der Waals surface area contributed by atoms with Crippen molar-refractivity contribution >= 4 is 17.9 Å². The second-order valence-corrected chi connectivity index (χ2v) is 15.2. The lowest BCUT2D eigenvalue weighted by Gasteiger charge is -2.34. The Kier molecular flexibility index (Phi) is 36.5. The maximum atomic E-state index is 12.7. The molecule has 0 saturated carbocycles. The second-order valence-electron chi connectivity index (χ2n) is 15.2. The zero-order valence-electron chi connectivity index (χ0n) is 36.5. The molecule has 8 nitrogen and oxygen atoms in total. The van der Waals surface area contributed by atoms with Crippen molar-refractivity contribution in [3.63, 3.8) is 0 Å². The predicted octanol–water partition coefficient (Wildman–Crippen LogP) is 10.6. The maximum absolute atomic E-state index is 12.7. The molecule has 0 bridgehead atoms. The molecule has 57 heavy (non-hydrogen) atoms. The van der Waals surface area contributed by atoms with Gasteiger partial charge in [0.2, 0.25) is 0 Å². The van der Waals surface area contributed by atoms with Crippen LogP contribution in [0.15, 0.2) is 97.2 Å². The topological polar surface area (TPSA) is 102 Å². The number of hydrogen-bond donors (Lipinski definition) is 0. The van der Waals surface area contributed by atoms with Gasteiger partial charge in [0.05, 0.1) is 40.3 Å². The Morgan fingerprint density at radius 1 is 0.544 bits per heavy atom. The minimum Gasteiger partial charge on any atom is -0.544 e. The highest BCUT2D eigenvalue weighted by Crippen LogP contribution is 2.10. The highest BCUT2D eigenvalue weighted by molar-refractivity contribution is 5.70. The summed E-state index contributed by atoms with van der Waals surface area (Å²) in [4.78, 5) is 36.8. The maximum Gasteiger partial charge on any atom is 0.306 e. The van der Waals surface area contributed by atoms with Gasteiger partial charge in [0, 0.05) is 19.3 Å². The molecule has 0 radical (unpaired) electrons. The summed E-state index contributed by atoms with van der Waals surface area (Å²) in [6.45, 7) is 4.38. The van der Waals surface area contributed by atoms with Crippen LogP contribution in [-0.4, -0.2) is 75.5 Å². The van der Waals surface area contributed by atoms with Crippen molar-refractivity contribution in [3.8, 4) is 0 Å². The van der Waals surface area contributed by atoms with E-state index in [1.807, 2.05) is 12.2 Å². The minimum atomic E-state index is -1.15. The average molecular weight is 794 g/mol. The van der Waals surface area contributed by atoms with Crippen LogP contribution in [0.2, 0.25) is 0 Å². The molecule has 0 aliphatic carbocycles. The molecule has 0 aromatic carbocycles. The van der Waals surface area contributed by atoms with Crippen LogP contribution < -0.4 is 5.11 Å². The molecule has 0 aliphatic rings. The fraction of sp³-hybridized carbons (Fsp3) is 0.612. The van der Waals surface area contributed by atoms with E-state index >= 15 is 0 Å². The third-order valence-electron chi connectivity index (χ3n) is 8.97. The van der Waals surface area contributed by atoms with Gasteiger partial charge in [-0.25, -0.2) is 0 Å². The van der Waals surface area contributed by atoms with E-state index in [0.717, 1.165) is 51.4 Å². The summed E-state index contributed by atoms with van der Waals surface area (Å²) in [7, 11) is 5.35. The molecule has 0 amide bonds. The van der Waals surface area contributed by atoms with Crippen LogP contribution in [0.4, 0.5) is 0 Å². The van der Waals surface area contributed by atoms with Gasteiger partial charge in [-0.1, -0.05) is 143 Å². The van der Waals surface area contributed by atoms with E-state index in [1.54, 1.807) is 21.1 Å². The molecule has 322 valence electrons. The van der Waals surface area contributed by atoms with E-state index in [1.165, 1.54) is 44.9 Å². The minimum absolute atomic E-state index is 0.0111. The molecule has 2 atom stereocenters. The molecule has 0 aliphatic heterocycles. The Bertz CT molecular complexity index is 1250. The third kappa shape index (κ3) is 37.6. The Labute approximate surface area is 347 Å². The molecule has 0 N–H and O–H groups in total. The zero-order chi connectivity index (χ0) is 42.1. The Hall–Kier alpha value is -3.75. The molecule has 0 saturated heterocycles. The summed E-state index contributed by atoms with van der Waals surface area (Å²) in [6, 6.07) is -0.751. The van der Waals surface area contributed by atoms with Crippen molar-refractivity contribution in [2.24, 2.45) is 0 Å². The summed E-state index contributed by atoms with van der Waals surface area (Å²) >= 11 is 0. The second kappa shape index (κ2) is 39.1. The molecule has 8 heteroatoms. The van der Waals surface area contributed by atoms with Crippen LogP contribution >= 0.6 is 0 Å². The number of quaternary nitrogens is 1. The number of likely N-dealkylation sites (N-methyl/N-ethyl adjacent to an activating group) is 1. The van der Waals surface area contributed by atoms with Crippen molar-refractivity contribution in [3.05, 3.63) is 97.2 Å². The molecule has 0 rings (SSSR count). The van der Waals surface area contributed by atoms with Gasteiger partial charge < -0.3 is 28.6 Å². The van der Waals surface area contributed by atoms with E-state index < -0.39 is 24.1 Å². The largest absolute Gasteiger partial charge is 0.544 e. The fourth-order valence-corrected chi connectivity index (χ4v) is 5.60. The number of carbonyl (C=O) groups excluding carboxylic acids is 3. The van der Waals surface area contributed by atoms with Crippen LogP contribution in [0.3, 0.4) is 0 Å². The predicted molar refractivity (Wildman–Crippen MR) is 235 cm³/mol. The molecule has 0 aromatic rings. The highest BCUT2D eigenvalue weighted by Gasteiger charge is 2.25. The van der Waals surface area contributed by atoms with Crippen molar-refractivity contribution < 1.29 is 38.2 Å². The number of carboxylic acid groups (broad SMARTS) is 1. The number of aliphatic carboxylic acids is 1. The van der Waals surface area contributed by atoms with E-state index in [2.05, 4.69) is 98.9 Å². The summed E-state index contributed by atoms with van der Waals surface area (Å²) in [5.74, 6) is -1.92. The molecular weight excluding hydrogens is 715 g/mol. The lowest BCUT2D eigenvalue weighted by atomic mass is 10.1. The molecule has 0 aromatic heterocycles. The summed E-state index contributed by atoms with van der Waals surface area (Å²) in [6.07, 6.45) is 51.7. The van der Waals surface area contributed by atoms with E-state index in [4.69, 9.17) is 14.2 Å². The summed E-state index contributed by atoms with van der Waals surface area (Å²) in [5.41, 5.74) is 0. The number of hydrogen-bond acceptors (Lipinski definition) is 7. The van der Waals surface area contributed by atoms with Gasteiger partial charge >= 0.3 is 11.9 Å². The van der Waals surface area contributed by atoms with Gasteiger partial charge in [-0.15, -0.1) is 0 Å². The Morgan fingerprint density at radius 2 is 1.02 bits per heavy atom. The summed E-state index contributed by atoms with van der Waals surface area (Å²) in [5, 5.41) is 11.6. The fourth-order valence-electron chi connectivity index (χ4n) is 5.60. The number of unbranched alkanes of at least 4 members (excludes halogenated alkanes) is 7. The van der Waals surface area contributed by atoms with E-state index in [-0.39, 0.29) is 49.5 Å². The molecule has 0 spiro atoms. The highest BCUT2D eigenvalue weighted by atomic mass is 16.6. The van der Waals surface area contributed by atoms with Crippen LogP contribution in [0, 0.1) is 0 Å². The van der Waals surface area contributed by atoms with Crippen molar-refractivity contribution in [2.75, 3.05) is 41.0 Å². The first kappa shape index (κ1) is 53.2. The number of rotatable bonds is 37. The SMILES string of the molecule is CC/C=C/C/C=C/C/C=C/C/C=C/C/C=C/CCC(=O)OC(COCCC(C(=O)[O-])[N+](C)(C)C)COC(=O)CCC/C=C/C/C=C/C/C=C/CCCCCCCC. The smallest absolute Gasteiger partial charge is 0.306 e. The van der Waals surface area contributed by atoms with Gasteiger partial charge in [0.1, 0.15) is 12.6 Å². The Morgan fingerprint density at radius 3 is 1.53 bits per heavy atom. The van der Waals surface area contributed by atoms with Gasteiger partial charge in [-0.2, -0.15) is 0 Å². The van der Waals surface area contributed by atoms with Crippen molar-refractivity contribution in [1.82, 2.24) is 0 Å². The monoisotopic (exact) mass is 794 g/mol. The van der Waals surface area contributed by atoms with E-state index in [0.29, 0.717) is 12.8 Å². The third-order valence-corrected chi connectivity index (χ3v) is 8.97. The van der Waals surface area contributed by atoms with Crippen molar-refractivity contribution in [1.29, 1.82) is 0 Å². The quantitative estimate of drug-likeness (QED) is 0.0267. The molecule has 0 heterocycles. The first-order valence-electron chi connectivity index (χ1n) is 21.8. The molecule has 2 unspecified atom stereocenters. The van der Waals surface area contributed by atoms with Gasteiger partial charge in [0.25, 0.3) is 0 Å². The molecular formula is C49H79NO7. The number of allylic oxidation sites excluding steroid dienone is 16. The van der Waals surface area contributed by atoms with Crippen LogP contribution in [0.1, 0.15) is 142 Å². The number of nitrogens with zero attached hydrogens (tertiary/aromatic N) is 1. The summed E-state index contributed by atoms with van der Waals surface area (Å²) < 4.78 is 17.0. The number of carbonyl (C=O) groups is 3. The lowest BCUT2D eigenvalue weighted by molar-refractivity contribution is -0.889.